The minimum Gasteiger partial charge on any atom is -0.451 e. The highest BCUT2D eigenvalue weighted by molar-refractivity contribution is 6.31. The minimum atomic E-state index is -0.141. The monoisotopic (exact) mass is 426 g/mol. The second-order valence-corrected chi connectivity index (χ2v) is 8.20. The van der Waals surface area contributed by atoms with Crippen LogP contribution in [0.1, 0.15) is 48.2 Å². The van der Waals surface area contributed by atoms with Gasteiger partial charge in [0.2, 0.25) is 0 Å². The third-order valence-electron chi connectivity index (χ3n) is 6.15. The van der Waals surface area contributed by atoms with Gasteiger partial charge in [0.15, 0.2) is 5.76 Å². The molecule has 1 aromatic heterocycles. The summed E-state index contributed by atoms with van der Waals surface area (Å²) >= 11 is 6.09. The first-order chi connectivity index (χ1) is 13.1. The van der Waals surface area contributed by atoms with Gasteiger partial charge < -0.3 is 14.5 Å². The summed E-state index contributed by atoms with van der Waals surface area (Å²) in [4.78, 5) is 15.4. The summed E-state index contributed by atoms with van der Waals surface area (Å²) in [5.74, 6) is 0.248. The van der Waals surface area contributed by atoms with Crippen molar-refractivity contribution in [2.24, 2.45) is 0 Å². The van der Waals surface area contributed by atoms with E-state index in [9.17, 15) is 4.79 Å². The Balaban J connectivity index is 0.00000225. The number of morpholine rings is 1. The molecule has 1 amide bonds. The van der Waals surface area contributed by atoms with Gasteiger partial charge in [0.1, 0.15) is 5.58 Å². The first-order valence-electron chi connectivity index (χ1n) is 9.89. The molecule has 1 saturated heterocycles. The van der Waals surface area contributed by atoms with Gasteiger partial charge in [-0.05, 0) is 38.0 Å². The average molecular weight is 427 g/mol. The van der Waals surface area contributed by atoms with Gasteiger partial charge in [-0.25, -0.2) is 0 Å². The lowest BCUT2D eigenvalue weighted by Crippen LogP contribution is -2.59. The Labute approximate surface area is 177 Å². The highest BCUT2D eigenvalue weighted by Crippen LogP contribution is 2.34. The molecule has 2 aliphatic rings. The van der Waals surface area contributed by atoms with Gasteiger partial charge in [-0.3, -0.25) is 9.69 Å². The predicted molar refractivity (Wildman–Crippen MR) is 114 cm³/mol. The lowest BCUT2D eigenvalue weighted by atomic mass is 9.79. The first-order valence-corrected chi connectivity index (χ1v) is 10.3. The van der Waals surface area contributed by atoms with E-state index in [0.29, 0.717) is 22.9 Å². The molecular weight excluding hydrogens is 399 g/mol. The van der Waals surface area contributed by atoms with Gasteiger partial charge in [-0.15, -0.1) is 12.4 Å². The van der Waals surface area contributed by atoms with Crippen LogP contribution in [0.2, 0.25) is 5.02 Å². The molecule has 5 nitrogen and oxygen atoms in total. The number of hydrogen-bond acceptors (Lipinski definition) is 4. The lowest BCUT2D eigenvalue weighted by Gasteiger charge is -2.48. The van der Waals surface area contributed by atoms with Crippen LogP contribution in [0.4, 0.5) is 0 Å². The Morgan fingerprint density at radius 1 is 1.21 bits per heavy atom. The molecule has 0 radical (unpaired) electrons. The molecule has 0 spiro atoms. The van der Waals surface area contributed by atoms with Crippen LogP contribution in [-0.4, -0.2) is 49.2 Å². The smallest absolute Gasteiger partial charge is 0.287 e. The Kier molecular flexibility index (Phi) is 6.92. The van der Waals surface area contributed by atoms with Crippen LogP contribution in [0.3, 0.4) is 0 Å². The van der Waals surface area contributed by atoms with Crippen LogP contribution >= 0.6 is 24.0 Å². The summed E-state index contributed by atoms with van der Waals surface area (Å²) in [7, 11) is 0. The zero-order valence-corrected chi connectivity index (χ0v) is 17.8. The Morgan fingerprint density at radius 3 is 2.64 bits per heavy atom. The first kappa shape index (κ1) is 21.4. The van der Waals surface area contributed by atoms with Gasteiger partial charge >= 0.3 is 0 Å². The molecule has 0 bridgehead atoms. The van der Waals surface area contributed by atoms with E-state index in [1.807, 2.05) is 19.1 Å². The third-order valence-corrected chi connectivity index (χ3v) is 6.38. The summed E-state index contributed by atoms with van der Waals surface area (Å²) in [5.41, 5.74) is 1.58. The standard InChI is InChI=1S/C21H27ClN2O3.ClH/c1-15-17-13-16(22)5-6-18(17)27-19(15)20(25)23-14-21(7-3-2-4-8-21)24-9-11-26-12-10-24;/h5-6,13H,2-4,7-12,14H2,1H3,(H,23,25);1H. The predicted octanol–water partition coefficient (Wildman–Crippen LogP) is 4.58. The van der Waals surface area contributed by atoms with Crippen molar-refractivity contribution >= 4 is 40.9 Å². The summed E-state index contributed by atoms with van der Waals surface area (Å²) < 4.78 is 11.4. The molecule has 2 heterocycles. The summed E-state index contributed by atoms with van der Waals surface area (Å²) in [5, 5.41) is 4.72. The van der Waals surface area contributed by atoms with E-state index in [1.165, 1.54) is 19.3 Å². The molecular formula is C21H28Cl2N2O3. The molecule has 28 heavy (non-hydrogen) atoms. The van der Waals surface area contributed by atoms with E-state index in [-0.39, 0.29) is 23.9 Å². The van der Waals surface area contributed by atoms with Gasteiger partial charge in [0.05, 0.1) is 13.2 Å². The van der Waals surface area contributed by atoms with Crippen molar-refractivity contribution in [3.8, 4) is 0 Å². The van der Waals surface area contributed by atoms with Crippen molar-refractivity contribution in [2.45, 2.75) is 44.6 Å². The minimum absolute atomic E-state index is 0. The van der Waals surface area contributed by atoms with Crippen molar-refractivity contribution in [1.82, 2.24) is 10.2 Å². The molecule has 1 aliphatic heterocycles. The number of benzene rings is 1. The van der Waals surface area contributed by atoms with Crippen LogP contribution in [0.5, 0.6) is 0 Å². The second kappa shape index (κ2) is 9.04. The summed E-state index contributed by atoms with van der Waals surface area (Å²) in [6.45, 7) is 6.01. The number of nitrogens with zero attached hydrogens (tertiary/aromatic N) is 1. The normalized spacial score (nSPS) is 19.9. The van der Waals surface area contributed by atoms with Crippen LogP contribution in [0.25, 0.3) is 11.0 Å². The highest BCUT2D eigenvalue weighted by Gasteiger charge is 2.39. The van der Waals surface area contributed by atoms with Crippen LogP contribution < -0.4 is 5.32 Å². The molecule has 1 aromatic carbocycles. The third kappa shape index (κ3) is 4.18. The number of halogens is 2. The quantitative estimate of drug-likeness (QED) is 0.776. The molecule has 7 heteroatoms. The van der Waals surface area contributed by atoms with Gasteiger partial charge in [-0.2, -0.15) is 0 Å². The number of aryl methyl sites for hydroxylation is 1. The fraction of sp³-hybridized carbons (Fsp3) is 0.571. The molecule has 1 N–H and O–H groups in total. The molecule has 1 aliphatic carbocycles. The number of ether oxygens (including phenoxy) is 1. The Morgan fingerprint density at radius 2 is 1.93 bits per heavy atom. The van der Waals surface area contributed by atoms with Gasteiger partial charge in [0.25, 0.3) is 5.91 Å². The Hall–Kier alpha value is -1.27. The van der Waals surface area contributed by atoms with Crippen LogP contribution in [0.15, 0.2) is 22.6 Å². The van der Waals surface area contributed by atoms with Crippen molar-refractivity contribution in [1.29, 1.82) is 0 Å². The zero-order chi connectivity index (χ0) is 18.9. The van der Waals surface area contributed by atoms with E-state index >= 15 is 0 Å². The van der Waals surface area contributed by atoms with Gasteiger partial charge in [0, 0.05) is 41.1 Å². The largest absolute Gasteiger partial charge is 0.451 e. The molecule has 0 atom stereocenters. The fourth-order valence-corrected chi connectivity index (χ4v) is 4.76. The molecule has 2 aromatic rings. The van der Waals surface area contributed by atoms with Crippen molar-refractivity contribution in [2.75, 3.05) is 32.8 Å². The summed E-state index contributed by atoms with van der Waals surface area (Å²) in [6.07, 6.45) is 5.97. The van der Waals surface area contributed by atoms with E-state index in [0.717, 1.165) is 50.1 Å². The molecule has 1 saturated carbocycles. The number of carbonyl (C=O) groups is 1. The number of hydrogen-bond donors (Lipinski definition) is 1. The number of nitrogens with one attached hydrogen (secondary N) is 1. The maximum atomic E-state index is 12.9. The maximum Gasteiger partial charge on any atom is 0.287 e. The molecule has 2 fully saturated rings. The highest BCUT2D eigenvalue weighted by atomic mass is 35.5. The van der Waals surface area contributed by atoms with E-state index in [1.54, 1.807) is 6.07 Å². The molecule has 4 rings (SSSR count). The fourth-order valence-electron chi connectivity index (χ4n) is 4.59. The zero-order valence-electron chi connectivity index (χ0n) is 16.3. The lowest BCUT2D eigenvalue weighted by molar-refractivity contribution is -0.0362. The SMILES string of the molecule is Cc1c(C(=O)NCC2(N3CCOCC3)CCCCC2)oc2ccc(Cl)cc12.Cl. The number of fused-ring (bicyclic) bond motifs is 1. The van der Waals surface area contributed by atoms with Crippen molar-refractivity contribution in [3.05, 3.63) is 34.5 Å². The molecule has 154 valence electrons. The summed E-state index contributed by atoms with van der Waals surface area (Å²) in [6, 6.07) is 5.45. The number of carbonyl (C=O) groups excluding carboxylic acids is 1. The van der Waals surface area contributed by atoms with Crippen LogP contribution in [0, 0.1) is 6.92 Å². The van der Waals surface area contributed by atoms with Crippen molar-refractivity contribution in [3.63, 3.8) is 0 Å². The molecule has 0 unspecified atom stereocenters. The van der Waals surface area contributed by atoms with E-state index in [2.05, 4.69) is 10.2 Å². The topological polar surface area (TPSA) is 54.7 Å². The second-order valence-electron chi connectivity index (χ2n) is 7.76. The number of rotatable bonds is 4. The van der Waals surface area contributed by atoms with E-state index in [4.69, 9.17) is 20.8 Å². The average Bonchev–Trinajstić information content (AvgIpc) is 3.04. The van der Waals surface area contributed by atoms with E-state index < -0.39 is 0 Å². The van der Waals surface area contributed by atoms with Gasteiger partial charge in [-0.1, -0.05) is 30.9 Å². The maximum absolute atomic E-state index is 12.9. The Bertz CT molecular complexity index is 824. The number of amides is 1. The number of furan rings is 1. The van der Waals surface area contributed by atoms with Crippen molar-refractivity contribution < 1.29 is 13.9 Å². The van der Waals surface area contributed by atoms with Crippen LogP contribution in [-0.2, 0) is 4.74 Å².